The Morgan fingerprint density at radius 1 is 1.69 bits per heavy atom. The number of likely N-dealkylation sites (N-methyl/N-ethyl adjacent to an activating group) is 1. The van der Waals surface area contributed by atoms with E-state index in [1.54, 1.807) is 18.9 Å². The van der Waals surface area contributed by atoms with Gasteiger partial charge in [0, 0.05) is 18.1 Å². The third-order valence-corrected chi connectivity index (χ3v) is 4.57. The van der Waals surface area contributed by atoms with Crippen LogP contribution < -0.4 is 5.32 Å². The second-order valence-electron chi connectivity index (χ2n) is 4.14. The molecular formula is C11H20N2O2S. The Kier molecular flexibility index (Phi) is 4.68. The minimum atomic E-state index is -0.321. The molecule has 0 spiro atoms. The third-order valence-electron chi connectivity index (χ3n) is 3.01. The second-order valence-corrected chi connectivity index (χ2v) is 6.11. The molecule has 1 N–H and O–H groups in total. The van der Waals surface area contributed by atoms with Crippen LogP contribution in [0.15, 0.2) is 0 Å². The minimum absolute atomic E-state index is 0.00502. The molecule has 0 bridgehead atoms. The number of nitrogens with one attached hydrogen (secondary N) is 1. The van der Waals surface area contributed by atoms with Gasteiger partial charge in [-0.3, -0.25) is 9.59 Å². The van der Waals surface area contributed by atoms with Crippen molar-refractivity contribution in [3.05, 3.63) is 0 Å². The van der Waals surface area contributed by atoms with Crippen LogP contribution >= 0.6 is 10.5 Å². The van der Waals surface area contributed by atoms with Crippen LogP contribution in [0.2, 0.25) is 0 Å². The van der Waals surface area contributed by atoms with Crippen molar-refractivity contribution in [2.75, 3.05) is 25.1 Å². The van der Waals surface area contributed by atoms with Crippen molar-refractivity contribution in [3.8, 4) is 0 Å². The first kappa shape index (κ1) is 13.4. The van der Waals surface area contributed by atoms with E-state index in [4.69, 9.17) is 0 Å². The minimum Gasteiger partial charge on any atom is -0.331 e. The van der Waals surface area contributed by atoms with Crippen molar-refractivity contribution in [2.45, 2.75) is 25.9 Å². The first-order valence-corrected chi connectivity index (χ1v) is 7.16. The van der Waals surface area contributed by atoms with E-state index in [-0.39, 0.29) is 34.3 Å². The van der Waals surface area contributed by atoms with E-state index >= 15 is 0 Å². The lowest BCUT2D eigenvalue weighted by molar-refractivity contribution is -0.139. The highest BCUT2D eigenvalue weighted by atomic mass is 32.2. The van der Waals surface area contributed by atoms with Crippen molar-refractivity contribution in [2.24, 2.45) is 0 Å². The van der Waals surface area contributed by atoms with Gasteiger partial charge in [0.25, 0.3) is 0 Å². The van der Waals surface area contributed by atoms with Crippen molar-refractivity contribution in [3.63, 3.8) is 0 Å². The summed E-state index contributed by atoms with van der Waals surface area (Å²) in [5.74, 6) is 5.78. The monoisotopic (exact) mass is 244 g/mol. The Hall–Kier alpha value is -0.680. The predicted octanol–water partition coefficient (Wildman–Crippen LogP) is 0.0950. The number of amides is 1. The van der Waals surface area contributed by atoms with Gasteiger partial charge < -0.3 is 10.2 Å². The van der Waals surface area contributed by atoms with Gasteiger partial charge in [-0.15, -0.1) is 0 Å². The summed E-state index contributed by atoms with van der Waals surface area (Å²) >= 11 is 0. The number of ketones is 1. The summed E-state index contributed by atoms with van der Waals surface area (Å²) < 4.78 is 0. The van der Waals surface area contributed by atoms with Crippen molar-refractivity contribution in [1.82, 2.24) is 10.2 Å². The molecule has 0 aliphatic carbocycles. The SMILES string of the molecule is C=S1CCN(C(C)C(C)=O)C(=O)C(NC)C1. The van der Waals surface area contributed by atoms with E-state index in [0.29, 0.717) is 6.54 Å². The maximum Gasteiger partial charge on any atom is 0.241 e. The van der Waals surface area contributed by atoms with Crippen molar-refractivity contribution >= 4 is 28.0 Å². The van der Waals surface area contributed by atoms with Crippen molar-refractivity contribution < 1.29 is 9.59 Å². The first-order valence-electron chi connectivity index (χ1n) is 5.42. The van der Waals surface area contributed by atoms with Gasteiger partial charge in [0.1, 0.15) is 0 Å². The maximum absolute atomic E-state index is 12.2. The van der Waals surface area contributed by atoms with Crippen molar-refractivity contribution in [1.29, 1.82) is 0 Å². The van der Waals surface area contributed by atoms with Crippen LogP contribution in [0.5, 0.6) is 0 Å². The van der Waals surface area contributed by atoms with E-state index in [1.165, 1.54) is 6.92 Å². The summed E-state index contributed by atoms with van der Waals surface area (Å²) in [7, 11) is 1.78. The van der Waals surface area contributed by atoms with E-state index in [1.807, 2.05) is 0 Å². The van der Waals surface area contributed by atoms with Crippen LogP contribution in [0.1, 0.15) is 13.8 Å². The van der Waals surface area contributed by atoms with Crippen LogP contribution in [-0.4, -0.2) is 59.6 Å². The highest BCUT2D eigenvalue weighted by Gasteiger charge is 2.31. The third kappa shape index (κ3) is 2.92. The molecule has 1 heterocycles. The Balaban J connectivity index is 2.87. The lowest BCUT2D eigenvalue weighted by Crippen LogP contribution is -2.50. The number of rotatable bonds is 3. The average Bonchev–Trinajstić information content (AvgIpc) is 2.37. The molecule has 1 aliphatic heterocycles. The summed E-state index contributed by atoms with van der Waals surface area (Å²) in [5.41, 5.74) is 0. The molecule has 0 saturated carbocycles. The lowest BCUT2D eigenvalue weighted by Gasteiger charge is -2.28. The fourth-order valence-electron chi connectivity index (χ4n) is 1.74. The van der Waals surface area contributed by atoms with E-state index in [9.17, 15) is 9.59 Å². The Bertz CT molecular complexity index is 317. The molecular weight excluding hydrogens is 224 g/mol. The zero-order valence-corrected chi connectivity index (χ0v) is 11.0. The number of hydrogen-bond acceptors (Lipinski definition) is 3. The smallest absolute Gasteiger partial charge is 0.241 e. The normalized spacial score (nSPS) is 28.7. The van der Waals surface area contributed by atoms with Gasteiger partial charge in [0.2, 0.25) is 5.91 Å². The summed E-state index contributed by atoms with van der Waals surface area (Å²) in [5, 5.41) is 3.01. The molecule has 1 fully saturated rings. The number of Topliss-reactive ketones (excluding diaryl/α,β-unsaturated/α-hetero) is 1. The molecule has 5 heteroatoms. The first-order chi connectivity index (χ1) is 7.47. The maximum atomic E-state index is 12.2. The summed E-state index contributed by atoms with van der Waals surface area (Å²) in [6.45, 7) is 3.96. The molecule has 92 valence electrons. The fraction of sp³-hybridized carbons (Fsp3) is 0.727. The molecule has 3 unspecified atom stereocenters. The Morgan fingerprint density at radius 3 is 2.81 bits per heavy atom. The van der Waals surface area contributed by atoms with Crippen LogP contribution in [0.4, 0.5) is 0 Å². The largest absolute Gasteiger partial charge is 0.331 e. The van der Waals surface area contributed by atoms with Crippen LogP contribution in [0, 0.1) is 0 Å². The van der Waals surface area contributed by atoms with Gasteiger partial charge in [-0.2, -0.15) is 10.5 Å². The summed E-state index contributed by atoms with van der Waals surface area (Å²) in [6.07, 6.45) is 0. The standard InChI is InChI=1S/C11H20N2O2S/c1-8(9(2)14)13-5-6-16(4)7-10(12-3)11(13)15/h8,10,12H,4-7H2,1-3H3. The molecule has 0 aromatic heterocycles. The Morgan fingerprint density at radius 2 is 2.31 bits per heavy atom. The molecule has 1 aliphatic rings. The summed E-state index contributed by atoms with van der Waals surface area (Å²) in [6, 6.07) is -0.511. The highest BCUT2D eigenvalue weighted by molar-refractivity contribution is 8.14. The van der Waals surface area contributed by atoms with Gasteiger partial charge in [0.05, 0.1) is 12.1 Å². The second kappa shape index (κ2) is 5.59. The van der Waals surface area contributed by atoms with Crippen LogP contribution in [0.25, 0.3) is 0 Å². The molecule has 1 saturated heterocycles. The molecule has 3 atom stereocenters. The van der Waals surface area contributed by atoms with Gasteiger partial charge in [0.15, 0.2) is 5.78 Å². The average molecular weight is 244 g/mol. The summed E-state index contributed by atoms with van der Waals surface area (Å²) in [4.78, 5) is 25.2. The van der Waals surface area contributed by atoms with Gasteiger partial charge in [-0.05, 0) is 20.9 Å². The molecule has 1 amide bonds. The van der Waals surface area contributed by atoms with Gasteiger partial charge in [-0.1, -0.05) is 5.87 Å². The van der Waals surface area contributed by atoms with Crippen LogP contribution in [0.3, 0.4) is 0 Å². The van der Waals surface area contributed by atoms with E-state index in [2.05, 4.69) is 11.2 Å². The topological polar surface area (TPSA) is 49.4 Å². The zero-order chi connectivity index (χ0) is 12.3. The number of carbonyl (C=O) groups is 2. The van der Waals surface area contributed by atoms with Gasteiger partial charge in [-0.25, -0.2) is 0 Å². The molecule has 4 nitrogen and oxygen atoms in total. The van der Waals surface area contributed by atoms with Crippen LogP contribution in [-0.2, 0) is 9.59 Å². The number of carbonyl (C=O) groups excluding carboxylic acids is 2. The zero-order valence-electron chi connectivity index (χ0n) is 10.2. The van der Waals surface area contributed by atoms with Gasteiger partial charge >= 0.3 is 0 Å². The highest BCUT2D eigenvalue weighted by Crippen LogP contribution is 2.19. The quantitative estimate of drug-likeness (QED) is 0.716. The molecule has 1 rings (SSSR count). The molecule has 16 heavy (non-hydrogen) atoms. The number of hydrogen-bond donors (Lipinski definition) is 1. The molecule has 0 aromatic rings. The number of nitrogens with zero attached hydrogens (tertiary/aromatic N) is 1. The predicted molar refractivity (Wildman–Crippen MR) is 69.1 cm³/mol. The Labute approximate surface area is 99.3 Å². The van der Waals surface area contributed by atoms with E-state index in [0.717, 1.165) is 11.5 Å². The lowest BCUT2D eigenvalue weighted by atomic mass is 10.1. The molecule has 0 radical (unpaired) electrons. The fourth-order valence-corrected chi connectivity index (χ4v) is 3.14. The van der Waals surface area contributed by atoms with E-state index < -0.39 is 0 Å². The molecule has 0 aromatic carbocycles.